The Labute approximate surface area is 126 Å². The number of carbonyl (C=O) groups excluding carboxylic acids is 1. The number of nitrogens with one attached hydrogen (secondary N) is 1. The maximum atomic E-state index is 11.2. The average molecular weight is 291 g/mol. The Hall–Kier alpha value is -1.43. The van der Waals surface area contributed by atoms with Crippen LogP contribution in [-0.2, 0) is 22.5 Å². The molecule has 0 aromatic heterocycles. The molecule has 0 saturated carbocycles. The van der Waals surface area contributed by atoms with Crippen molar-refractivity contribution in [1.29, 1.82) is 0 Å². The van der Waals surface area contributed by atoms with Crippen molar-refractivity contribution < 1.29 is 9.53 Å². The molecular weight excluding hydrogens is 266 g/mol. The number of nitrogens with two attached hydrogens (primary N) is 1. The molecule has 2 unspecified atom stereocenters. The Morgan fingerprint density at radius 2 is 2.05 bits per heavy atom. The number of hydrazine groups is 1. The average Bonchev–Trinajstić information content (AvgIpc) is 2.49. The lowest BCUT2D eigenvalue weighted by Crippen LogP contribution is -2.47. The van der Waals surface area contributed by atoms with Crippen LogP contribution in [0.2, 0.25) is 0 Å². The number of morpholine rings is 1. The summed E-state index contributed by atoms with van der Waals surface area (Å²) in [6, 6.07) is 8.66. The van der Waals surface area contributed by atoms with E-state index in [1.165, 1.54) is 5.56 Å². The van der Waals surface area contributed by atoms with E-state index >= 15 is 0 Å². The minimum Gasteiger partial charge on any atom is -0.376 e. The smallest absolute Gasteiger partial charge is 0.238 e. The van der Waals surface area contributed by atoms with Crippen molar-refractivity contribution in [2.75, 3.05) is 13.2 Å². The van der Waals surface area contributed by atoms with E-state index in [0.29, 0.717) is 18.6 Å². The van der Waals surface area contributed by atoms with E-state index in [0.717, 1.165) is 31.7 Å². The molecular formula is C16H25N3O2. The molecule has 1 aliphatic heterocycles. The standard InChI is InChI=1S/C16H25N3O2/c1-3-15-11-21-12(2)9-19(15)10-14-6-4-13(5-7-14)8-16(20)18-17/h4-7,12,15H,3,8-11,17H2,1-2H3,(H,18,20). The Morgan fingerprint density at radius 3 is 2.67 bits per heavy atom. The van der Waals surface area contributed by atoms with E-state index in [1.807, 2.05) is 12.1 Å². The van der Waals surface area contributed by atoms with Gasteiger partial charge in [-0.1, -0.05) is 31.2 Å². The number of amides is 1. The molecule has 5 heteroatoms. The Kier molecular flexibility index (Phi) is 5.73. The lowest BCUT2D eigenvalue weighted by molar-refractivity contribution is -0.120. The van der Waals surface area contributed by atoms with Gasteiger partial charge in [0.1, 0.15) is 0 Å². The van der Waals surface area contributed by atoms with E-state index in [9.17, 15) is 4.79 Å². The van der Waals surface area contributed by atoms with Gasteiger partial charge in [-0.15, -0.1) is 0 Å². The van der Waals surface area contributed by atoms with Gasteiger partial charge >= 0.3 is 0 Å². The fourth-order valence-corrected chi connectivity index (χ4v) is 2.72. The number of ether oxygens (including phenoxy) is 1. The predicted molar refractivity (Wildman–Crippen MR) is 82.4 cm³/mol. The maximum absolute atomic E-state index is 11.2. The highest BCUT2D eigenvalue weighted by molar-refractivity contribution is 5.77. The molecule has 2 rings (SSSR count). The quantitative estimate of drug-likeness (QED) is 0.486. The van der Waals surface area contributed by atoms with E-state index in [1.54, 1.807) is 0 Å². The van der Waals surface area contributed by atoms with Gasteiger partial charge in [0.05, 0.1) is 19.1 Å². The maximum Gasteiger partial charge on any atom is 0.238 e. The van der Waals surface area contributed by atoms with Crippen LogP contribution in [0.5, 0.6) is 0 Å². The van der Waals surface area contributed by atoms with E-state index < -0.39 is 0 Å². The third-order valence-electron chi connectivity index (χ3n) is 3.99. The SMILES string of the molecule is CCC1COC(C)CN1Cc1ccc(CC(=O)NN)cc1. The summed E-state index contributed by atoms with van der Waals surface area (Å²) in [5.74, 6) is 4.93. The van der Waals surface area contributed by atoms with Crippen LogP contribution in [0.15, 0.2) is 24.3 Å². The molecule has 0 aliphatic carbocycles. The zero-order chi connectivity index (χ0) is 15.2. The molecule has 1 aliphatic rings. The van der Waals surface area contributed by atoms with E-state index in [2.05, 4.69) is 36.3 Å². The van der Waals surface area contributed by atoms with E-state index in [-0.39, 0.29) is 5.91 Å². The number of carbonyl (C=O) groups is 1. The molecule has 1 fully saturated rings. The van der Waals surface area contributed by atoms with Crippen molar-refractivity contribution in [3.8, 4) is 0 Å². The first-order valence-corrected chi connectivity index (χ1v) is 7.55. The van der Waals surface area contributed by atoms with Crippen LogP contribution in [0.3, 0.4) is 0 Å². The molecule has 0 bridgehead atoms. The van der Waals surface area contributed by atoms with Crippen molar-refractivity contribution >= 4 is 5.91 Å². The second-order valence-electron chi connectivity index (χ2n) is 5.70. The second kappa shape index (κ2) is 7.54. The lowest BCUT2D eigenvalue weighted by Gasteiger charge is -2.38. The number of rotatable bonds is 5. The first-order chi connectivity index (χ1) is 10.1. The fraction of sp³-hybridized carbons (Fsp3) is 0.562. The molecule has 116 valence electrons. The molecule has 21 heavy (non-hydrogen) atoms. The molecule has 3 N–H and O–H groups in total. The summed E-state index contributed by atoms with van der Waals surface area (Å²) in [4.78, 5) is 13.7. The normalized spacial score (nSPS) is 23.0. The molecule has 1 saturated heterocycles. The van der Waals surface area contributed by atoms with Crippen LogP contribution in [0.1, 0.15) is 31.4 Å². The Balaban J connectivity index is 1.97. The summed E-state index contributed by atoms with van der Waals surface area (Å²) in [7, 11) is 0. The van der Waals surface area contributed by atoms with Crippen molar-refractivity contribution in [1.82, 2.24) is 10.3 Å². The first-order valence-electron chi connectivity index (χ1n) is 7.55. The highest BCUT2D eigenvalue weighted by atomic mass is 16.5. The van der Waals surface area contributed by atoms with Gasteiger partial charge < -0.3 is 4.74 Å². The topological polar surface area (TPSA) is 67.6 Å². The lowest BCUT2D eigenvalue weighted by atomic mass is 10.1. The molecule has 1 aromatic rings. The summed E-state index contributed by atoms with van der Waals surface area (Å²) in [5, 5.41) is 0. The number of hydrogen-bond acceptors (Lipinski definition) is 4. The highest BCUT2D eigenvalue weighted by Gasteiger charge is 2.25. The van der Waals surface area contributed by atoms with Gasteiger partial charge in [-0.05, 0) is 24.5 Å². The Bertz CT molecular complexity index is 461. The molecule has 5 nitrogen and oxygen atoms in total. The van der Waals surface area contributed by atoms with Crippen LogP contribution < -0.4 is 11.3 Å². The molecule has 0 spiro atoms. The van der Waals surface area contributed by atoms with E-state index in [4.69, 9.17) is 10.6 Å². The highest BCUT2D eigenvalue weighted by Crippen LogP contribution is 2.18. The van der Waals surface area contributed by atoms with Crippen LogP contribution in [0.4, 0.5) is 0 Å². The molecule has 1 heterocycles. The monoisotopic (exact) mass is 291 g/mol. The van der Waals surface area contributed by atoms with Gasteiger partial charge in [0, 0.05) is 19.1 Å². The largest absolute Gasteiger partial charge is 0.376 e. The van der Waals surface area contributed by atoms with Crippen LogP contribution in [0, 0.1) is 0 Å². The van der Waals surface area contributed by atoms with Gasteiger partial charge in [0.2, 0.25) is 5.91 Å². The summed E-state index contributed by atoms with van der Waals surface area (Å²) in [6.45, 7) is 7.02. The number of hydrogen-bond donors (Lipinski definition) is 2. The third-order valence-corrected chi connectivity index (χ3v) is 3.99. The summed E-state index contributed by atoms with van der Waals surface area (Å²) in [6.07, 6.45) is 1.71. The van der Waals surface area contributed by atoms with Crippen molar-refractivity contribution in [2.45, 2.75) is 45.4 Å². The molecule has 0 radical (unpaired) electrons. The van der Waals surface area contributed by atoms with Gasteiger partial charge in [-0.2, -0.15) is 0 Å². The summed E-state index contributed by atoms with van der Waals surface area (Å²) < 4.78 is 5.73. The van der Waals surface area contributed by atoms with Gasteiger partial charge in [-0.25, -0.2) is 5.84 Å². The van der Waals surface area contributed by atoms with Crippen molar-refractivity contribution in [2.24, 2.45) is 5.84 Å². The predicted octanol–water partition coefficient (Wildman–Crippen LogP) is 1.22. The van der Waals surface area contributed by atoms with Crippen molar-refractivity contribution in [3.63, 3.8) is 0 Å². The van der Waals surface area contributed by atoms with Gasteiger partial charge in [0.15, 0.2) is 0 Å². The molecule has 1 aromatic carbocycles. The minimum absolute atomic E-state index is 0.171. The third kappa shape index (κ3) is 4.52. The fourth-order valence-electron chi connectivity index (χ4n) is 2.72. The zero-order valence-electron chi connectivity index (χ0n) is 12.8. The zero-order valence-corrected chi connectivity index (χ0v) is 12.8. The van der Waals surface area contributed by atoms with Crippen molar-refractivity contribution in [3.05, 3.63) is 35.4 Å². The first kappa shape index (κ1) is 15.9. The van der Waals surface area contributed by atoms with Crippen LogP contribution >= 0.6 is 0 Å². The number of benzene rings is 1. The van der Waals surface area contributed by atoms with Crippen LogP contribution in [-0.4, -0.2) is 36.1 Å². The Morgan fingerprint density at radius 1 is 1.38 bits per heavy atom. The summed E-state index contributed by atoms with van der Waals surface area (Å²) in [5.41, 5.74) is 4.39. The van der Waals surface area contributed by atoms with Crippen LogP contribution in [0.25, 0.3) is 0 Å². The number of nitrogens with zero attached hydrogens (tertiary/aromatic N) is 1. The summed E-state index contributed by atoms with van der Waals surface area (Å²) >= 11 is 0. The second-order valence-corrected chi connectivity index (χ2v) is 5.70. The van der Waals surface area contributed by atoms with Gasteiger partial charge in [-0.3, -0.25) is 15.1 Å². The van der Waals surface area contributed by atoms with Gasteiger partial charge in [0.25, 0.3) is 0 Å². The molecule has 2 atom stereocenters. The molecule has 1 amide bonds. The minimum atomic E-state index is -0.171.